The summed E-state index contributed by atoms with van der Waals surface area (Å²) in [6.45, 7) is 13.1. The van der Waals surface area contributed by atoms with Crippen LogP contribution in [0.5, 0.6) is 0 Å². The number of hydrogen-bond donors (Lipinski definition) is 2. The van der Waals surface area contributed by atoms with Gasteiger partial charge in [-0.2, -0.15) is 0 Å². The van der Waals surface area contributed by atoms with E-state index in [0.717, 1.165) is 51.3 Å². The zero-order chi connectivity index (χ0) is 16.0. The van der Waals surface area contributed by atoms with Crippen LogP contribution in [0.4, 0.5) is 0 Å². The summed E-state index contributed by atoms with van der Waals surface area (Å²) in [4.78, 5) is 7.27. The first-order chi connectivity index (χ1) is 10.8. The van der Waals surface area contributed by atoms with Crippen LogP contribution in [0.25, 0.3) is 0 Å². The average molecular weight is 313 g/mol. The van der Waals surface area contributed by atoms with Crippen molar-refractivity contribution < 1.29 is 4.74 Å². The summed E-state index contributed by atoms with van der Waals surface area (Å²) in [5, 5.41) is 6.59. The lowest BCUT2D eigenvalue weighted by Gasteiger charge is -2.33. The van der Waals surface area contributed by atoms with Crippen molar-refractivity contribution in [2.45, 2.75) is 58.9 Å². The van der Waals surface area contributed by atoms with Gasteiger partial charge >= 0.3 is 0 Å². The number of aliphatic imine (C=N–C) groups is 1. The molecular weight excluding hydrogens is 276 g/mol. The fourth-order valence-corrected chi connectivity index (χ4v) is 2.84. The van der Waals surface area contributed by atoms with E-state index in [-0.39, 0.29) is 0 Å². The Morgan fingerprint density at radius 1 is 1.23 bits per heavy atom. The Balaban J connectivity index is 2.14. The monoisotopic (exact) mass is 312 g/mol. The molecule has 0 spiro atoms. The van der Waals surface area contributed by atoms with E-state index in [1.54, 1.807) is 0 Å². The summed E-state index contributed by atoms with van der Waals surface area (Å²) in [7, 11) is 0. The quantitative estimate of drug-likeness (QED) is 0.369. The molecule has 2 N–H and O–H groups in total. The molecule has 0 aromatic heterocycles. The van der Waals surface area contributed by atoms with Crippen molar-refractivity contribution in [1.82, 2.24) is 15.5 Å². The van der Waals surface area contributed by atoms with Gasteiger partial charge in [-0.1, -0.05) is 6.42 Å². The minimum atomic E-state index is 0.730. The van der Waals surface area contributed by atoms with Crippen molar-refractivity contribution in [1.29, 1.82) is 0 Å². The molecule has 1 heterocycles. The normalized spacial score (nSPS) is 20.1. The van der Waals surface area contributed by atoms with Gasteiger partial charge in [0.1, 0.15) is 0 Å². The van der Waals surface area contributed by atoms with Crippen LogP contribution in [0.3, 0.4) is 0 Å². The number of guanidine groups is 1. The first kappa shape index (κ1) is 19.2. The van der Waals surface area contributed by atoms with E-state index in [1.165, 1.54) is 38.8 Å². The third kappa shape index (κ3) is 8.59. The number of rotatable bonds is 10. The van der Waals surface area contributed by atoms with Crippen LogP contribution in [-0.4, -0.2) is 62.8 Å². The minimum Gasteiger partial charge on any atom is -0.380 e. The van der Waals surface area contributed by atoms with E-state index in [2.05, 4.69) is 34.4 Å². The van der Waals surface area contributed by atoms with Crippen molar-refractivity contribution in [2.75, 3.05) is 45.9 Å². The van der Waals surface area contributed by atoms with Gasteiger partial charge in [0.15, 0.2) is 5.96 Å². The Labute approximate surface area is 136 Å². The van der Waals surface area contributed by atoms with Gasteiger partial charge in [-0.3, -0.25) is 4.99 Å². The average Bonchev–Trinajstić information content (AvgIpc) is 2.52. The van der Waals surface area contributed by atoms with Crippen LogP contribution < -0.4 is 10.6 Å². The van der Waals surface area contributed by atoms with E-state index in [0.29, 0.717) is 0 Å². The van der Waals surface area contributed by atoms with Crippen LogP contribution in [0.1, 0.15) is 52.9 Å². The summed E-state index contributed by atoms with van der Waals surface area (Å²) < 4.78 is 5.33. The van der Waals surface area contributed by atoms with Crippen LogP contribution >= 0.6 is 0 Å². The van der Waals surface area contributed by atoms with Crippen molar-refractivity contribution >= 4 is 5.96 Å². The van der Waals surface area contributed by atoms with E-state index in [1.807, 2.05) is 6.92 Å². The summed E-state index contributed by atoms with van der Waals surface area (Å²) in [5.41, 5.74) is 0. The molecule has 0 saturated carbocycles. The van der Waals surface area contributed by atoms with E-state index in [4.69, 9.17) is 4.74 Å². The molecule has 1 aliphatic heterocycles. The molecule has 0 amide bonds. The van der Waals surface area contributed by atoms with Gasteiger partial charge in [-0.05, 0) is 59.5 Å². The van der Waals surface area contributed by atoms with E-state index in [9.17, 15) is 0 Å². The van der Waals surface area contributed by atoms with Gasteiger partial charge in [-0.25, -0.2) is 0 Å². The molecule has 1 fully saturated rings. The lowest BCUT2D eigenvalue weighted by molar-refractivity contribution is 0.152. The van der Waals surface area contributed by atoms with Crippen LogP contribution in [0.15, 0.2) is 4.99 Å². The molecule has 1 saturated heterocycles. The summed E-state index contributed by atoms with van der Waals surface area (Å²) >= 11 is 0. The first-order valence-corrected chi connectivity index (χ1v) is 9.11. The second-order valence-corrected chi connectivity index (χ2v) is 5.97. The summed E-state index contributed by atoms with van der Waals surface area (Å²) in [5.74, 6) is 0.911. The predicted octanol–water partition coefficient (Wildman–Crippen LogP) is 2.23. The third-order valence-corrected chi connectivity index (χ3v) is 4.15. The van der Waals surface area contributed by atoms with Crippen molar-refractivity contribution in [3.8, 4) is 0 Å². The second-order valence-electron chi connectivity index (χ2n) is 5.97. The Hall–Kier alpha value is -0.810. The number of nitrogens with one attached hydrogen (secondary N) is 2. The summed E-state index contributed by atoms with van der Waals surface area (Å²) in [6, 6.07) is 0.773. The molecular formula is C17H36N4O. The maximum atomic E-state index is 5.33. The molecule has 5 nitrogen and oxygen atoms in total. The van der Waals surface area contributed by atoms with E-state index >= 15 is 0 Å². The first-order valence-electron chi connectivity index (χ1n) is 9.11. The number of likely N-dealkylation sites (tertiary alicyclic amines) is 1. The highest BCUT2D eigenvalue weighted by molar-refractivity contribution is 5.79. The Morgan fingerprint density at radius 2 is 2.09 bits per heavy atom. The van der Waals surface area contributed by atoms with Crippen LogP contribution in [0, 0.1) is 0 Å². The topological polar surface area (TPSA) is 48.9 Å². The van der Waals surface area contributed by atoms with Gasteiger partial charge < -0.3 is 20.3 Å². The molecule has 0 bridgehead atoms. The Kier molecular flexibility index (Phi) is 11.1. The molecule has 0 aromatic rings. The second kappa shape index (κ2) is 12.7. The molecule has 1 aliphatic rings. The molecule has 1 unspecified atom stereocenters. The lowest BCUT2D eigenvalue weighted by Crippen LogP contribution is -2.39. The maximum absolute atomic E-state index is 5.33. The molecule has 22 heavy (non-hydrogen) atoms. The highest BCUT2D eigenvalue weighted by Gasteiger charge is 2.16. The van der Waals surface area contributed by atoms with Crippen LogP contribution in [0.2, 0.25) is 0 Å². The number of hydrogen-bond acceptors (Lipinski definition) is 3. The molecule has 5 heteroatoms. The predicted molar refractivity (Wildman–Crippen MR) is 94.6 cm³/mol. The minimum absolute atomic E-state index is 0.730. The van der Waals surface area contributed by atoms with Crippen molar-refractivity contribution in [3.63, 3.8) is 0 Å². The van der Waals surface area contributed by atoms with Crippen molar-refractivity contribution in [3.05, 3.63) is 0 Å². The van der Waals surface area contributed by atoms with Gasteiger partial charge in [-0.15, -0.1) is 0 Å². The standard InChI is InChI=1S/C17H36N4O/c1-4-18-17(20-12-15-22-5-2)19-11-7-9-14-21-13-8-6-10-16(21)3/h16H,4-15H2,1-3H3,(H2,18,19,20). The lowest BCUT2D eigenvalue weighted by atomic mass is 10.0. The Morgan fingerprint density at radius 3 is 2.82 bits per heavy atom. The highest BCUT2D eigenvalue weighted by Crippen LogP contribution is 2.16. The zero-order valence-electron chi connectivity index (χ0n) is 14.9. The molecule has 1 rings (SSSR count). The molecule has 0 radical (unpaired) electrons. The zero-order valence-corrected chi connectivity index (χ0v) is 14.9. The maximum Gasteiger partial charge on any atom is 0.191 e. The molecule has 0 aliphatic carbocycles. The fraction of sp³-hybridized carbons (Fsp3) is 0.941. The van der Waals surface area contributed by atoms with Gasteiger partial charge in [0.05, 0.1) is 6.61 Å². The van der Waals surface area contributed by atoms with E-state index < -0.39 is 0 Å². The Bertz CT molecular complexity index is 296. The van der Waals surface area contributed by atoms with Crippen LogP contribution in [-0.2, 0) is 4.74 Å². The van der Waals surface area contributed by atoms with Gasteiger partial charge in [0.25, 0.3) is 0 Å². The van der Waals surface area contributed by atoms with Gasteiger partial charge in [0.2, 0.25) is 0 Å². The summed E-state index contributed by atoms with van der Waals surface area (Å²) in [6.07, 6.45) is 6.54. The number of nitrogens with zero attached hydrogens (tertiary/aromatic N) is 2. The smallest absolute Gasteiger partial charge is 0.191 e. The molecule has 1 atom stereocenters. The third-order valence-electron chi connectivity index (χ3n) is 4.15. The largest absolute Gasteiger partial charge is 0.380 e. The SMILES string of the molecule is CCNC(=NCCCCN1CCCCC1C)NCCOCC. The number of piperidine rings is 1. The van der Waals surface area contributed by atoms with Gasteiger partial charge in [0, 0.05) is 32.3 Å². The molecule has 0 aromatic carbocycles. The number of ether oxygens (including phenoxy) is 1. The fourth-order valence-electron chi connectivity index (χ4n) is 2.84. The van der Waals surface area contributed by atoms with Crippen molar-refractivity contribution in [2.24, 2.45) is 4.99 Å². The number of unbranched alkanes of at least 4 members (excludes halogenated alkanes) is 1. The highest BCUT2D eigenvalue weighted by atomic mass is 16.5. The molecule has 130 valence electrons.